The van der Waals surface area contributed by atoms with Crippen LogP contribution in [0.15, 0.2) is 24.3 Å². The van der Waals surface area contributed by atoms with Crippen LogP contribution in [-0.4, -0.2) is 18.8 Å². The fourth-order valence-electron chi connectivity index (χ4n) is 1.38. The molecule has 1 aromatic rings. The van der Waals surface area contributed by atoms with Crippen molar-refractivity contribution in [2.45, 2.75) is 18.9 Å². The molecule has 1 atom stereocenters. The summed E-state index contributed by atoms with van der Waals surface area (Å²) in [6.07, 6.45) is 0.555. The SMILES string of the molecule is COc1ccc(C(C)(O)CCN)cc1. The van der Waals surface area contributed by atoms with Gasteiger partial charge in [0.2, 0.25) is 0 Å². The van der Waals surface area contributed by atoms with Crippen LogP contribution >= 0.6 is 0 Å². The molecule has 1 aromatic carbocycles. The minimum Gasteiger partial charge on any atom is -0.497 e. The quantitative estimate of drug-likeness (QED) is 0.760. The van der Waals surface area contributed by atoms with Crippen molar-refractivity contribution in [3.63, 3.8) is 0 Å². The summed E-state index contributed by atoms with van der Waals surface area (Å²) >= 11 is 0. The van der Waals surface area contributed by atoms with Crippen molar-refractivity contribution >= 4 is 0 Å². The Morgan fingerprint density at radius 3 is 2.36 bits per heavy atom. The number of hydrogen-bond acceptors (Lipinski definition) is 3. The second-order valence-corrected chi connectivity index (χ2v) is 3.54. The summed E-state index contributed by atoms with van der Waals surface area (Å²) < 4.78 is 5.04. The maximum Gasteiger partial charge on any atom is 0.118 e. The van der Waals surface area contributed by atoms with Crippen LogP contribution in [0, 0.1) is 0 Å². The van der Waals surface area contributed by atoms with Crippen molar-refractivity contribution in [2.75, 3.05) is 13.7 Å². The van der Waals surface area contributed by atoms with E-state index < -0.39 is 5.60 Å². The molecular weight excluding hydrogens is 178 g/mol. The molecule has 1 rings (SSSR count). The van der Waals surface area contributed by atoms with Gasteiger partial charge in [0.25, 0.3) is 0 Å². The molecule has 0 spiro atoms. The molecular formula is C11H17NO2. The average molecular weight is 195 g/mol. The summed E-state index contributed by atoms with van der Waals surface area (Å²) in [4.78, 5) is 0. The van der Waals surface area contributed by atoms with Crippen LogP contribution in [0.4, 0.5) is 0 Å². The third-order valence-corrected chi connectivity index (χ3v) is 2.34. The third-order valence-electron chi connectivity index (χ3n) is 2.34. The minimum atomic E-state index is -0.846. The van der Waals surface area contributed by atoms with E-state index in [0.717, 1.165) is 11.3 Å². The van der Waals surface area contributed by atoms with Crippen molar-refractivity contribution in [2.24, 2.45) is 5.73 Å². The fraction of sp³-hybridized carbons (Fsp3) is 0.455. The van der Waals surface area contributed by atoms with E-state index in [1.54, 1.807) is 14.0 Å². The largest absolute Gasteiger partial charge is 0.497 e. The monoisotopic (exact) mass is 195 g/mol. The van der Waals surface area contributed by atoms with Gasteiger partial charge in [-0.1, -0.05) is 12.1 Å². The zero-order valence-corrected chi connectivity index (χ0v) is 8.66. The lowest BCUT2D eigenvalue weighted by molar-refractivity contribution is 0.0504. The number of methoxy groups -OCH3 is 1. The predicted octanol–water partition coefficient (Wildman–Crippen LogP) is 1.25. The fourth-order valence-corrected chi connectivity index (χ4v) is 1.38. The Kier molecular flexibility index (Phi) is 3.49. The van der Waals surface area contributed by atoms with Gasteiger partial charge in [0.15, 0.2) is 0 Å². The first-order valence-corrected chi connectivity index (χ1v) is 4.67. The van der Waals surface area contributed by atoms with Crippen molar-refractivity contribution < 1.29 is 9.84 Å². The van der Waals surface area contributed by atoms with Crippen molar-refractivity contribution in [1.29, 1.82) is 0 Å². The van der Waals surface area contributed by atoms with Gasteiger partial charge in [0.1, 0.15) is 5.75 Å². The molecule has 1 unspecified atom stereocenters. The van der Waals surface area contributed by atoms with Crippen LogP contribution in [0.5, 0.6) is 5.75 Å². The van der Waals surface area contributed by atoms with Crippen LogP contribution in [0.3, 0.4) is 0 Å². The van der Waals surface area contributed by atoms with Gasteiger partial charge in [0, 0.05) is 0 Å². The third kappa shape index (κ3) is 2.47. The Labute approximate surface area is 84.5 Å². The highest BCUT2D eigenvalue weighted by molar-refractivity contribution is 5.30. The van der Waals surface area contributed by atoms with Gasteiger partial charge in [-0.3, -0.25) is 0 Å². The van der Waals surface area contributed by atoms with E-state index >= 15 is 0 Å². The van der Waals surface area contributed by atoms with Crippen LogP contribution in [0.25, 0.3) is 0 Å². The standard InChI is InChI=1S/C11H17NO2/c1-11(13,7-8-12)9-3-5-10(14-2)6-4-9/h3-6,13H,7-8,12H2,1-2H3. The normalized spacial score (nSPS) is 14.9. The van der Waals surface area contributed by atoms with Crippen molar-refractivity contribution in [3.8, 4) is 5.75 Å². The first-order valence-electron chi connectivity index (χ1n) is 4.67. The Hall–Kier alpha value is -1.06. The molecule has 14 heavy (non-hydrogen) atoms. The number of nitrogens with two attached hydrogens (primary N) is 1. The minimum absolute atomic E-state index is 0.471. The first kappa shape index (κ1) is 11.0. The van der Waals surface area contributed by atoms with Crippen LogP contribution in [-0.2, 0) is 5.60 Å². The van der Waals surface area contributed by atoms with Crippen molar-refractivity contribution in [3.05, 3.63) is 29.8 Å². The molecule has 0 aliphatic carbocycles. The van der Waals surface area contributed by atoms with E-state index in [4.69, 9.17) is 10.5 Å². The molecule has 0 aliphatic rings. The zero-order valence-electron chi connectivity index (χ0n) is 8.66. The van der Waals surface area contributed by atoms with Crippen LogP contribution in [0.1, 0.15) is 18.9 Å². The first-order chi connectivity index (χ1) is 6.60. The highest BCUT2D eigenvalue weighted by atomic mass is 16.5. The lowest BCUT2D eigenvalue weighted by Crippen LogP contribution is -2.24. The maximum atomic E-state index is 10.0. The molecule has 0 aromatic heterocycles. The van der Waals surface area contributed by atoms with E-state index in [-0.39, 0.29) is 0 Å². The lowest BCUT2D eigenvalue weighted by Gasteiger charge is -2.23. The molecule has 78 valence electrons. The summed E-state index contributed by atoms with van der Waals surface area (Å²) in [7, 11) is 1.62. The summed E-state index contributed by atoms with van der Waals surface area (Å²) in [6, 6.07) is 7.38. The molecule has 0 amide bonds. The molecule has 3 nitrogen and oxygen atoms in total. The van der Waals surface area contributed by atoms with E-state index in [1.807, 2.05) is 24.3 Å². The second kappa shape index (κ2) is 4.44. The molecule has 0 aliphatic heterocycles. The molecule has 0 bridgehead atoms. The Morgan fingerprint density at radius 2 is 1.93 bits per heavy atom. The zero-order chi connectivity index (χ0) is 10.6. The highest BCUT2D eigenvalue weighted by Gasteiger charge is 2.21. The predicted molar refractivity (Wildman–Crippen MR) is 56.2 cm³/mol. The Bertz CT molecular complexity index is 280. The number of rotatable bonds is 4. The highest BCUT2D eigenvalue weighted by Crippen LogP contribution is 2.25. The number of hydrogen-bond donors (Lipinski definition) is 2. The van der Waals surface area contributed by atoms with E-state index in [0.29, 0.717) is 13.0 Å². The van der Waals surface area contributed by atoms with E-state index in [1.165, 1.54) is 0 Å². The summed E-state index contributed by atoms with van der Waals surface area (Å²) in [5.74, 6) is 0.789. The second-order valence-electron chi connectivity index (χ2n) is 3.54. The Morgan fingerprint density at radius 1 is 1.36 bits per heavy atom. The average Bonchev–Trinajstić information content (AvgIpc) is 2.18. The van der Waals surface area contributed by atoms with Gasteiger partial charge in [-0.25, -0.2) is 0 Å². The molecule has 0 radical (unpaired) electrons. The van der Waals surface area contributed by atoms with Crippen LogP contribution in [0.2, 0.25) is 0 Å². The Balaban J connectivity index is 2.85. The van der Waals surface area contributed by atoms with Gasteiger partial charge in [-0.05, 0) is 37.6 Å². The maximum absolute atomic E-state index is 10.0. The van der Waals surface area contributed by atoms with Crippen molar-refractivity contribution in [1.82, 2.24) is 0 Å². The van der Waals surface area contributed by atoms with E-state index in [2.05, 4.69) is 0 Å². The number of benzene rings is 1. The van der Waals surface area contributed by atoms with E-state index in [9.17, 15) is 5.11 Å². The van der Waals surface area contributed by atoms with Gasteiger partial charge in [-0.15, -0.1) is 0 Å². The topological polar surface area (TPSA) is 55.5 Å². The molecule has 0 saturated carbocycles. The number of aliphatic hydroxyl groups is 1. The van der Waals surface area contributed by atoms with Gasteiger partial charge in [-0.2, -0.15) is 0 Å². The van der Waals surface area contributed by atoms with Crippen LogP contribution < -0.4 is 10.5 Å². The summed E-state index contributed by atoms with van der Waals surface area (Å²) in [6.45, 7) is 2.24. The molecule has 3 N–H and O–H groups in total. The number of ether oxygens (including phenoxy) is 1. The van der Waals surface area contributed by atoms with Gasteiger partial charge in [0.05, 0.1) is 12.7 Å². The lowest BCUT2D eigenvalue weighted by atomic mass is 9.93. The van der Waals surface area contributed by atoms with Gasteiger partial charge < -0.3 is 15.6 Å². The summed E-state index contributed by atoms with van der Waals surface area (Å²) in [5, 5.41) is 10.0. The smallest absolute Gasteiger partial charge is 0.118 e. The molecule has 0 heterocycles. The summed E-state index contributed by atoms with van der Waals surface area (Å²) in [5.41, 5.74) is 5.44. The van der Waals surface area contributed by atoms with Gasteiger partial charge >= 0.3 is 0 Å². The molecule has 0 saturated heterocycles. The molecule has 0 fully saturated rings. The molecule has 3 heteroatoms.